The number of carbonyl (C=O) groups is 1. The zero-order valence-electron chi connectivity index (χ0n) is 15.3. The molecule has 3 aromatic rings. The number of nitrogens with zero attached hydrogens (tertiary/aromatic N) is 2. The number of hydrogen-bond acceptors (Lipinski definition) is 5. The van der Waals surface area contributed by atoms with Crippen molar-refractivity contribution in [3.05, 3.63) is 71.2 Å². The number of aryl methyl sites for hydroxylation is 1. The number of unbranched alkanes of at least 4 members (excludes halogenated alkanes) is 2. The van der Waals surface area contributed by atoms with Crippen molar-refractivity contribution in [3.8, 4) is 0 Å². The summed E-state index contributed by atoms with van der Waals surface area (Å²) in [4.78, 5) is 14.0. The van der Waals surface area contributed by atoms with Crippen LogP contribution in [0.25, 0.3) is 0 Å². The van der Waals surface area contributed by atoms with E-state index < -0.39 is 0 Å². The number of rotatable bonds is 9. The van der Waals surface area contributed by atoms with E-state index in [1.54, 1.807) is 0 Å². The van der Waals surface area contributed by atoms with Crippen LogP contribution >= 0.6 is 23.1 Å². The highest BCUT2D eigenvalue weighted by atomic mass is 32.2. The van der Waals surface area contributed by atoms with Crippen molar-refractivity contribution in [2.45, 2.75) is 42.8 Å². The van der Waals surface area contributed by atoms with E-state index in [0.717, 1.165) is 28.3 Å². The first kappa shape index (κ1) is 19.6. The van der Waals surface area contributed by atoms with E-state index in [4.69, 9.17) is 0 Å². The molecule has 0 aliphatic carbocycles. The van der Waals surface area contributed by atoms with Gasteiger partial charge >= 0.3 is 0 Å². The summed E-state index contributed by atoms with van der Waals surface area (Å²) in [6.45, 7) is 2.18. The van der Waals surface area contributed by atoms with E-state index in [1.807, 2.05) is 60.7 Å². The van der Waals surface area contributed by atoms with Crippen molar-refractivity contribution in [2.24, 2.45) is 0 Å². The maximum absolute atomic E-state index is 13.0. The van der Waals surface area contributed by atoms with Crippen LogP contribution in [0.3, 0.4) is 0 Å². The van der Waals surface area contributed by atoms with Crippen LogP contribution < -0.4 is 5.32 Å². The number of hydrogen-bond donors (Lipinski definition) is 1. The van der Waals surface area contributed by atoms with Gasteiger partial charge in [0.2, 0.25) is 11.0 Å². The molecular weight excluding hydrogens is 374 g/mol. The summed E-state index contributed by atoms with van der Waals surface area (Å²) in [5.41, 5.74) is 0.969. The first-order valence-electron chi connectivity index (χ1n) is 9.16. The summed E-state index contributed by atoms with van der Waals surface area (Å²) in [6.07, 6.45) is 4.39. The molecule has 0 spiro atoms. The molecule has 1 aromatic heterocycles. The van der Waals surface area contributed by atoms with Crippen molar-refractivity contribution in [1.82, 2.24) is 10.2 Å². The molecule has 2 aromatic carbocycles. The molecule has 3 rings (SSSR count). The van der Waals surface area contributed by atoms with Gasteiger partial charge in [0.05, 0.1) is 0 Å². The van der Waals surface area contributed by atoms with Gasteiger partial charge in [0.25, 0.3) is 0 Å². The molecule has 0 bridgehead atoms. The average molecular weight is 398 g/mol. The van der Waals surface area contributed by atoms with Crippen molar-refractivity contribution < 1.29 is 4.79 Å². The Morgan fingerprint density at radius 1 is 1.04 bits per heavy atom. The fraction of sp³-hybridized carbons (Fsp3) is 0.286. The minimum Gasteiger partial charge on any atom is -0.299 e. The number of aromatic nitrogens is 2. The van der Waals surface area contributed by atoms with Crippen LogP contribution in [0.2, 0.25) is 0 Å². The highest BCUT2D eigenvalue weighted by molar-refractivity contribution is 8.00. The lowest BCUT2D eigenvalue weighted by Crippen LogP contribution is -2.18. The molecule has 0 fully saturated rings. The van der Waals surface area contributed by atoms with Crippen molar-refractivity contribution in [3.63, 3.8) is 0 Å². The highest BCUT2D eigenvalue weighted by Gasteiger charge is 2.23. The Morgan fingerprint density at radius 2 is 1.74 bits per heavy atom. The lowest BCUT2D eigenvalue weighted by Gasteiger charge is -2.16. The van der Waals surface area contributed by atoms with Gasteiger partial charge in [0, 0.05) is 11.3 Å². The van der Waals surface area contributed by atoms with Crippen molar-refractivity contribution >= 4 is 34.1 Å². The zero-order valence-corrected chi connectivity index (χ0v) is 16.9. The van der Waals surface area contributed by atoms with Crippen LogP contribution in [-0.4, -0.2) is 16.1 Å². The summed E-state index contributed by atoms with van der Waals surface area (Å²) < 4.78 is 0. The molecule has 1 heterocycles. The van der Waals surface area contributed by atoms with Crippen LogP contribution in [0.5, 0.6) is 0 Å². The third-order valence-electron chi connectivity index (χ3n) is 4.03. The van der Waals surface area contributed by atoms with E-state index >= 15 is 0 Å². The SMILES string of the molecule is CCCCCc1nnc(NC(=O)[C@H](Sc2ccccc2)c2ccccc2)s1. The Hall–Kier alpha value is -2.18. The van der Waals surface area contributed by atoms with Gasteiger partial charge in [0.15, 0.2) is 0 Å². The van der Waals surface area contributed by atoms with Gasteiger partial charge in [-0.15, -0.1) is 22.0 Å². The molecule has 6 heteroatoms. The minimum atomic E-state index is -0.346. The summed E-state index contributed by atoms with van der Waals surface area (Å²) in [5.74, 6) is -0.0775. The number of nitrogens with one attached hydrogen (secondary N) is 1. The largest absolute Gasteiger partial charge is 0.299 e. The summed E-state index contributed by atoms with van der Waals surface area (Å²) in [7, 11) is 0. The number of thioether (sulfide) groups is 1. The molecule has 1 amide bonds. The van der Waals surface area contributed by atoms with Crippen LogP contribution in [0.15, 0.2) is 65.6 Å². The average Bonchev–Trinajstić information content (AvgIpc) is 3.15. The highest BCUT2D eigenvalue weighted by Crippen LogP contribution is 2.36. The molecule has 1 atom stereocenters. The molecule has 140 valence electrons. The molecular formula is C21H23N3OS2. The van der Waals surface area contributed by atoms with E-state index in [-0.39, 0.29) is 11.2 Å². The molecule has 0 aliphatic heterocycles. The monoisotopic (exact) mass is 397 g/mol. The van der Waals surface area contributed by atoms with Gasteiger partial charge in [-0.05, 0) is 24.1 Å². The van der Waals surface area contributed by atoms with Gasteiger partial charge in [0.1, 0.15) is 10.3 Å². The van der Waals surface area contributed by atoms with Crippen LogP contribution in [0.4, 0.5) is 5.13 Å². The first-order valence-corrected chi connectivity index (χ1v) is 10.9. The lowest BCUT2D eigenvalue weighted by atomic mass is 10.1. The molecule has 0 unspecified atom stereocenters. The van der Waals surface area contributed by atoms with Gasteiger partial charge in [-0.25, -0.2) is 0 Å². The first-order chi connectivity index (χ1) is 13.3. The van der Waals surface area contributed by atoms with Crippen molar-refractivity contribution in [1.29, 1.82) is 0 Å². The van der Waals surface area contributed by atoms with E-state index in [1.165, 1.54) is 35.9 Å². The summed E-state index contributed by atoms with van der Waals surface area (Å²) in [5, 5.41) is 12.5. The molecule has 0 saturated carbocycles. The quantitative estimate of drug-likeness (QED) is 0.369. The second-order valence-electron chi connectivity index (χ2n) is 6.17. The predicted molar refractivity (Wildman–Crippen MR) is 113 cm³/mol. The number of carbonyl (C=O) groups excluding carboxylic acids is 1. The number of benzene rings is 2. The standard InChI is InChI=1S/C21H23N3OS2/c1-2-3-6-15-18-23-24-21(27-18)22-20(25)19(16-11-7-4-8-12-16)26-17-13-9-5-10-14-17/h4-5,7-14,19H,2-3,6,15H2,1H3,(H,22,24,25)/t19-/m1/s1. The van der Waals surface area contributed by atoms with Gasteiger partial charge in [-0.3, -0.25) is 10.1 Å². The van der Waals surface area contributed by atoms with E-state index in [9.17, 15) is 4.79 Å². The maximum Gasteiger partial charge on any atom is 0.244 e. The second kappa shape index (κ2) is 10.2. The molecule has 1 N–H and O–H groups in total. The topological polar surface area (TPSA) is 54.9 Å². The molecule has 4 nitrogen and oxygen atoms in total. The fourth-order valence-corrected chi connectivity index (χ4v) is 4.47. The molecule has 0 radical (unpaired) electrons. The normalized spacial score (nSPS) is 11.9. The maximum atomic E-state index is 13.0. The Bertz CT molecular complexity index is 837. The zero-order chi connectivity index (χ0) is 18.9. The second-order valence-corrected chi connectivity index (χ2v) is 8.41. The smallest absolute Gasteiger partial charge is 0.244 e. The fourth-order valence-electron chi connectivity index (χ4n) is 2.64. The predicted octanol–water partition coefficient (Wildman–Crippen LogP) is 5.74. The summed E-state index contributed by atoms with van der Waals surface area (Å²) in [6, 6.07) is 19.8. The Kier molecular flexibility index (Phi) is 7.42. The lowest BCUT2D eigenvalue weighted by molar-refractivity contribution is -0.115. The minimum absolute atomic E-state index is 0.0775. The third-order valence-corrected chi connectivity index (χ3v) is 6.19. The molecule has 27 heavy (non-hydrogen) atoms. The van der Waals surface area contributed by atoms with E-state index in [2.05, 4.69) is 22.4 Å². The Balaban J connectivity index is 1.71. The van der Waals surface area contributed by atoms with Crippen molar-refractivity contribution in [2.75, 3.05) is 5.32 Å². The van der Waals surface area contributed by atoms with Crippen LogP contribution in [-0.2, 0) is 11.2 Å². The van der Waals surface area contributed by atoms with Gasteiger partial charge in [-0.1, -0.05) is 79.6 Å². The summed E-state index contributed by atoms with van der Waals surface area (Å²) >= 11 is 3.00. The van der Waals surface area contributed by atoms with Gasteiger partial charge < -0.3 is 0 Å². The van der Waals surface area contributed by atoms with Crippen LogP contribution in [0.1, 0.15) is 42.0 Å². The Morgan fingerprint density at radius 3 is 2.44 bits per heavy atom. The van der Waals surface area contributed by atoms with E-state index in [0.29, 0.717) is 5.13 Å². The Labute approximate surface area is 168 Å². The van der Waals surface area contributed by atoms with Crippen LogP contribution in [0, 0.1) is 0 Å². The van der Waals surface area contributed by atoms with Gasteiger partial charge in [-0.2, -0.15) is 0 Å². The molecule has 0 aliphatic rings. The number of amides is 1. The third kappa shape index (κ3) is 5.91. The molecule has 0 saturated heterocycles. The number of anilines is 1.